The van der Waals surface area contributed by atoms with Gasteiger partial charge in [-0.15, -0.1) is 0 Å². The van der Waals surface area contributed by atoms with Crippen LogP contribution in [0.4, 0.5) is 0 Å². The summed E-state index contributed by atoms with van der Waals surface area (Å²) < 4.78 is 0. The lowest BCUT2D eigenvalue weighted by Gasteiger charge is -2.43. The highest BCUT2D eigenvalue weighted by molar-refractivity contribution is 6.84. The van der Waals surface area contributed by atoms with Gasteiger partial charge in [0.1, 0.15) is 0 Å². The van der Waals surface area contributed by atoms with Crippen LogP contribution in [0.5, 0.6) is 0 Å². The van der Waals surface area contributed by atoms with Crippen molar-refractivity contribution >= 4 is 16.1 Å². The van der Waals surface area contributed by atoms with E-state index in [9.17, 15) is 0 Å². The van der Waals surface area contributed by atoms with Crippen molar-refractivity contribution in [3.05, 3.63) is 23.3 Å². The Balaban J connectivity index is 2.38. The second-order valence-electron chi connectivity index (χ2n) is 8.37. The first-order valence-corrected chi connectivity index (χ1v) is 14.8. The molecule has 0 unspecified atom stereocenters. The summed E-state index contributed by atoms with van der Waals surface area (Å²) in [7, 11) is -2.18. The highest BCUT2D eigenvalue weighted by Crippen LogP contribution is 2.49. The highest BCUT2D eigenvalue weighted by atomic mass is 28.3. The maximum atomic E-state index is 2.73. The Morgan fingerprint density at radius 3 is 1.33 bits per heavy atom. The molecule has 0 aromatic rings. The molecule has 18 heavy (non-hydrogen) atoms. The molecular weight excluding hydrogens is 248 g/mol. The van der Waals surface area contributed by atoms with Gasteiger partial charge < -0.3 is 0 Å². The van der Waals surface area contributed by atoms with E-state index in [2.05, 4.69) is 51.4 Å². The van der Waals surface area contributed by atoms with Crippen LogP contribution in [0.1, 0.15) is 25.7 Å². The van der Waals surface area contributed by atoms with Gasteiger partial charge in [-0.05, 0) is 47.9 Å². The Morgan fingerprint density at radius 1 is 0.722 bits per heavy atom. The van der Waals surface area contributed by atoms with Gasteiger partial charge in [-0.3, -0.25) is 0 Å². The van der Waals surface area contributed by atoms with Crippen molar-refractivity contribution in [3.8, 4) is 0 Å². The average Bonchev–Trinajstić information content (AvgIpc) is 2.25. The molecule has 1 saturated carbocycles. The molecule has 0 aliphatic heterocycles. The average molecular weight is 279 g/mol. The fraction of sp³-hybridized carbons (Fsp3) is 0.750. The van der Waals surface area contributed by atoms with Gasteiger partial charge in [0.2, 0.25) is 0 Å². The SMILES string of the molecule is C[Si](C)(C)[C@@H]1C=C2CCCCC2=C[C@H]1[Si](C)(C)C. The Morgan fingerprint density at radius 2 is 1.06 bits per heavy atom. The molecule has 0 aromatic heterocycles. The molecule has 2 aliphatic carbocycles. The normalized spacial score (nSPS) is 29.4. The molecule has 102 valence electrons. The molecule has 0 bridgehead atoms. The zero-order valence-corrected chi connectivity index (χ0v) is 15.1. The third-order valence-corrected chi connectivity index (χ3v) is 10.1. The first-order valence-electron chi connectivity index (χ1n) is 7.61. The molecule has 2 atom stereocenters. The summed E-state index contributed by atoms with van der Waals surface area (Å²) in [5.74, 6) is 0. The molecule has 0 heterocycles. The fourth-order valence-electron chi connectivity index (χ4n) is 3.55. The van der Waals surface area contributed by atoms with Crippen molar-refractivity contribution in [1.29, 1.82) is 0 Å². The molecule has 0 spiro atoms. The molecular formula is C16H30Si2. The van der Waals surface area contributed by atoms with E-state index in [0.717, 1.165) is 11.1 Å². The zero-order valence-electron chi connectivity index (χ0n) is 13.1. The van der Waals surface area contributed by atoms with E-state index < -0.39 is 16.1 Å². The van der Waals surface area contributed by atoms with Crippen LogP contribution in [0.2, 0.25) is 50.4 Å². The number of fused-ring (bicyclic) bond motifs is 1. The van der Waals surface area contributed by atoms with Crippen molar-refractivity contribution in [1.82, 2.24) is 0 Å². The lowest BCUT2D eigenvalue weighted by atomic mass is 9.85. The van der Waals surface area contributed by atoms with E-state index in [0.29, 0.717) is 0 Å². The molecule has 0 aromatic carbocycles. The van der Waals surface area contributed by atoms with Crippen molar-refractivity contribution in [2.75, 3.05) is 0 Å². The van der Waals surface area contributed by atoms with Gasteiger partial charge in [-0.25, -0.2) is 0 Å². The third-order valence-electron chi connectivity index (χ3n) is 4.70. The first-order chi connectivity index (χ1) is 8.19. The first kappa shape index (κ1) is 14.3. The van der Waals surface area contributed by atoms with E-state index in [4.69, 9.17) is 0 Å². The Bertz CT molecular complexity index is 339. The van der Waals surface area contributed by atoms with Gasteiger partial charge >= 0.3 is 0 Å². The predicted molar refractivity (Wildman–Crippen MR) is 88.8 cm³/mol. The minimum Gasteiger partial charge on any atom is -0.0803 e. The highest BCUT2D eigenvalue weighted by Gasteiger charge is 2.40. The maximum Gasteiger partial charge on any atom is 0.0517 e. The van der Waals surface area contributed by atoms with E-state index in [1.165, 1.54) is 25.7 Å². The van der Waals surface area contributed by atoms with Crippen LogP contribution in [0.15, 0.2) is 23.3 Å². The van der Waals surface area contributed by atoms with Gasteiger partial charge in [0.05, 0.1) is 16.1 Å². The lowest BCUT2D eigenvalue weighted by Crippen LogP contribution is -2.40. The van der Waals surface area contributed by atoms with Crippen molar-refractivity contribution in [2.24, 2.45) is 0 Å². The molecule has 1 fully saturated rings. The molecule has 2 rings (SSSR count). The van der Waals surface area contributed by atoms with Crippen LogP contribution >= 0.6 is 0 Å². The minimum absolute atomic E-state index is 0.890. The Kier molecular flexibility index (Phi) is 3.81. The van der Waals surface area contributed by atoms with Crippen molar-refractivity contribution < 1.29 is 0 Å². The number of hydrogen-bond acceptors (Lipinski definition) is 0. The van der Waals surface area contributed by atoms with Crippen LogP contribution in [0.25, 0.3) is 0 Å². The fourth-order valence-corrected chi connectivity index (χ4v) is 10.3. The number of allylic oxidation sites excluding steroid dienone is 4. The summed E-state index contributed by atoms with van der Waals surface area (Å²) in [4.78, 5) is 0. The molecule has 2 aliphatic rings. The van der Waals surface area contributed by atoms with Crippen LogP contribution < -0.4 is 0 Å². The summed E-state index contributed by atoms with van der Waals surface area (Å²) in [6.07, 6.45) is 11.0. The molecule has 0 saturated heterocycles. The van der Waals surface area contributed by atoms with Gasteiger partial charge in [0, 0.05) is 0 Å². The van der Waals surface area contributed by atoms with Crippen LogP contribution in [0, 0.1) is 0 Å². The van der Waals surface area contributed by atoms with Gasteiger partial charge in [0.15, 0.2) is 0 Å². The van der Waals surface area contributed by atoms with Crippen LogP contribution in [-0.4, -0.2) is 16.1 Å². The molecule has 0 amide bonds. The standard InChI is InChI=1S/C16H30Si2/c1-17(2,3)15-11-13-9-7-8-10-14(13)12-16(15)18(4,5)6/h11-12,15-16H,7-10H2,1-6H3/t15-,16-/m1/s1. The molecule has 0 radical (unpaired) electrons. The second-order valence-corrected chi connectivity index (χ2v) is 19.2. The van der Waals surface area contributed by atoms with Gasteiger partial charge in [0.25, 0.3) is 0 Å². The van der Waals surface area contributed by atoms with E-state index in [1.807, 2.05) is 0 Å². The predicted octanol–water partition coefficient (Wildman–Crippen LogP) is 5.84. The monoisotopic (exact) mass is 278 g/mol. The van der Waals surface area contributed by atoms with E-state index >= 15 is 0 Å². The lowest BCUT2D eigenvalue weighted by molar-refractivity contribution is 0.662. The Labute approximate surface area is 116 Å². The summed E-state index contributed by atoms with van der Waals surface area (Å²) >= 11 is 0. The summed E-state index contributed by atoms with van der Waals surface area (Å²) in [6, 6.07) is 0. The maximum absolute atomic E-state index is 2.73. The number of rotatable bonds is 2. The summed E-state index contributed by atoms with van der Waals surface area (Å²) in [5.41, 5.74) is 5.23. The van der Waals surface area contributed by atoms with Gasteiger partial charge in [-0.2, -0.15) is 0 Å². The summed E-state index contributed by atoms with van der Waals surface area (Å²) in [6.45, 7) is 15.4. The van der Waals surface area contributed by atoms with E-state index in [-0.39, 0.29) is 0 Å². The van der Waals surface area contributed by atoms with Crippen LogP contribution in [-0.2, 0) is 0 Å². The minimum atomic E-state index is -1.09. The molecule has 0 nitrogen and oxygen atoms in total. The zero-order chi connectivity index (χ0) is 13.6. The summed E-state index contributed by atoms with van der Waals surface area (Å²) in [5, 5.41) is 0. The number of hydrogen-bond donors (Lipinski definition) is 0. The molecule has 0 N–H and O–H groups in total. The second kappa shape index (κ2) is 4.79. The van der Waals surface area contributed by atoms with Crippen molar-refractivity contribution in [3.63, 3.8) is 0 Å². The smallest absolute Gasteiger partial charge is 0.0517 e. The molecule has 2 heteroatoms. The third kappa shape index (κ3) is 2.90. The van der Waals surface area contributed by atoms with Gasteiger partial charge in [-0.1, -0.05) is 51.4 Å². The Hall–Kier alpha value is -0.0862. The quantitative estimate of drug-likeness (QED) is 0.556. The van der Waals surface area contributed by atoms with Crippen molar-refractivity contribution in [2.45, 2.75) is 76.0 Å². The largest absolute Gasteiger partial charge is 0.0803 e. The topological polar surface area (TPSA) is 0 Å². The van der Waals surface area contributed by atoms with Crippen LogP contribution in [0.3, 0.4) is 0 Å². The van der Waals surface area contributed by atoms with E-state index in [1.54, 1.807) is 11.1 Å².